The first-order valence-corrected chi connectivity index (χ1v) is 29.8. The van der Waals surface area contributed by atoms with E-state index in [2.05, 4.69) is 19.2 Å². The van der Waals surface area contributed by atoms with Crippen LogP contribution in [-0.4, -0.2) is 47.4 Å². The van der Waals surface area contributed by atoms with Crippen LogP contribution in [0.15, 0.2) is 0 Å². The monoisotopic (exact) mass is 920 g/mol. The Morgan fingerprint density at radius 3 is 0.938 bits per heavy atom. The topological polar surface area (TPSA) is 95.9 Å². The van der Waals surface area contributed by atoms with Gasteiger partial charge in [0, 0.05) is 12.8 Å². The number of carbonyl (C=O) groups excluding carboxylic acids is 2. The number of rotatable bonds is 56. The van der Waals surface area contributed by atoms with Crippen LogP contribution in [0.4, 0.5) is 0 Å². The molecule has 0 fully saturated rings. The molecule has 2 atom stereocenters. The van der Waals surface area contributed by atoms with Crippen LogP contribution in [0.5, 0.6) is 0 Å². The molecule has 3 N–H and O–H groups in total. The molecule has 6 heteroatoms. The van der Waals surface area contributed by atoms with Crippen molar-refractivity contribution in [1.29, 1.82) is 0 Å². The van der Waals surface area contributed by atoms with Crippen LogP contribution in [0.3, 0.4) is 0 Å². The highest BCUT2D eigenvalue weighted by atomic mass is 16.5. The Balaban J connectivity index is 3.35. The molecule has 0 rings (SSSR count). The number of carbonyl (C=O) groups is 2. The van der Waals surface area contributed by atoms with Gasteiger partial charge >= 0.3 is 5.97 Å². The van der Waals surface area contributed by atoms with Gasteiger partial charge in [-0.25, -0.2) is 0 Å². The fourth-order valence-corrected chi connectivity index (χ4v) is 9.58. The van der Waals surface area contributed by atoms with Crippen LogP contribution in [0.1, 0.15) is 341 Å². The Bertz CT molecular complexity index is 928. The second-order valence-corrected chi connectivity index (χ2v) is 20.7. The molecule has 1 amide bonds. The minimum absolute atomic E-state index is 0.0149. The number of amides is 1. The standard InChI is InChI=1S/C59H117NO5/c1-3-5-7-9-11-13-15-17-18-26-29-33-37-41-45-49-53-59(64)65-54-50-46-42-38-34-30-27-24-22-20-19-21-23-25-28-32-36-40-44-48-52-58(63)60-56(55-61)57(62)51-47-43-39-35-31-16-14-12-10-8-6-4-2/h56-57,61-62H,3-55H2,1-2H3,(H,60,63). The minimum atomic E-state index is -0.663. The lowest BCUT2D eigenvalue weighted by Crippen LogP contribution is -2.45. The number of esters is 1. The quantitative estimate of drug-likeness (QED) is 0.0417. The Hall–Kier alpha value is -1.14. The van der Waals surface area contributed by atoms with Crippen LogP contribution < -0.4 is 5.32 Å². The molecule has 0 aromatic carbocycles. The lowest BCUT2D eigenvalue weighted by molar-refractivity contribution is -0.143. The van der Waals surface area contributed by atoms with E-state index >= 15 is 0 Å². The Morgan fingerprint density at radius 1 is 0.369 bits per heavy atom. The smallest absolute Gasteiger partial charge is 0.305 e. The SMILES string of the molecule is CCCCCCCCCCCCCCCCCCC(=O)OCCCCCCCCCCCCCCCCCCCCCCC(=O)NC(CO)C(O)CCCCCCCCCCCCCC. The van der Waals surface area contributed by atoms with E-state index in [1.807, 2.05) is 0 Å². The summed E-state index contributed by atoms with van der Waals surface area (Å²) in [4.78, 5) is 24.5. The summed E-state index contributed by atoms with van der Waals surface area (Å²) in [6, 6.07) is -0.540. The first-order valence-electron chi connectivity index (χ1n) is 29.8. The number of hydrogen-bond acceptors (Lipinski definition) is 5. The second kappa shape index (κ2) is 55.5. The summed E-state index contributed by atoms with van der Waals surface area (Å²) >= 11 is 0. The number of ether oxygens (including phenoxy) is 1. The zero-order valence-corrected chi connectivity index (χ0v) is 44.3. The van der Waals surface area contributed by atoms with E-state index in [4.69, 9.17) is 4.74 Å². The van der Waals surface area contributed by atoms with Crippen LogP contribution in [0, 0.1) is 0 Å². The van der Waals surface area contributed by atoms with E-state index in [9.17, 15) is 19.8 Å². The third-order valence-electron chi connectivity index (χ3n) is 14.2. The highest BCUT2D eigenvalue weighted by Crippen LogP contribution is 2.18. The number of aliphatic hydroxyl groups is 2. The predicted molar refractivity (Wildman–Crippen MR) is 283 cm³/mol. The molecule has 0 aliphatic heterocycles. The zero-order chi connectivity index (χ0) is 47.2. The lowest BCUT2D eigenvalue weighted by atomic mass is 10.0. The van der Waals surface area contributed by atoms with Crippen molar-refractivity contribution < 1.29 is 24.5 Å². The molecule has 0 heterocycles. The predicted octanol–water partition coefficient (Wildman–Crippen LogP) is 18.3. The fourth-order valence-electron chi connectivity index (χ4n) is 9.58. The van der Waals surface area contributed by atoms with Crippen molar-refractivity contribution in [1.82, 2.24) is 5.32 Å². The molecule has 0 bridgehead atoms. The van der Waals surface area contributed by atoms with Gasteiger partial charge in [-0.2, -0.15) is 0 Å². The second-order valence-electron chi connectivity index (χ2n) is 20.7. The molecule has 0 aliphatic rings. The number of aliphatic hydroxyl groups excluding tert-OH is 2. The molecule has 0 saturated carbocycles. The first-order chi connectivity index (χ1) is 32.0. The van der Waals surface area contributed by atoms with Crippen molar-refractivity contribution in [3.63, 3.8) is 0 Å². The number of nitrogens with one attached hydrogen (secondary N) is 1. The zero-order valence-electron chi connectivity index (χ0n) is 44.3. The summed E-state index contributed by atoms with van der Waals surface area (Å²) in [5.74, 6) is -0.0204. The summed E-state index contributed by atoms with van der Waals surface area (Å²) in [6.07, 6.45) is 63.9. The molecular formula is C59H117NO5. The van der Waals surface area contributed by atoms with Crippen LogP contribution in [0.2, 0.25) is 0 Å². The molecule has 0 aromatic rings. The largest absolute Gasteiger partial charge is 0.466 e. The molecule has 0 aromatic heterocycles. The summed E-state index contributed by atoms with van der Waals surface area (Å²) in [5, 5.41) is 23.2. The van der Waals surface area contributed by atoms with Crippen LogP contribution in [-0.2, 0) is 14.3 Å². The average molecular weight is 921 g/mol. The Morgan fingerprint density at radius 2 is 0.631 bits per heavy atom. The van der Waals surface area contributed by atoms with Crippen LogP contribution >= 0.6 is 0 Å². The molecule has 0 aliphatic carbocycles. The first kappa shape index (κ1) is 63.9. The van der Waals surface area contributed by atoms with Gasteiger partial charge in [-0.3, -0.25) is 9.59 Å². The summed E-state index contributed by atoms with van der Waals surface area (Å²) in [7, 11) is 0. The van der Waals surface area contributed by atoms with E-state index < -0.39 is 12.1 Å². The van der Waals surface area contributed by atoms with Crippen molar-refractivity contribution in [2.75, 3.05) is 13.2 Å². The maximum Gasteiger partial charge on any atom is 0.305 e. The fraction of sp³-hybridized carbons (Fsp3) is 0.966. The molecule has 2 unspecified atom stereocenters. The summed E-state index contributed by atoms with van der Waals surface area (Å²) < 4.78 is 5.49. The average Bonchev–Trinajstić information content (AvgIpc) is 3.31. The molecular weight excluding hydrogens is 803 g/mol. The molecule has 65 heavy (non-hydrogen) atoms. The van der Waals surface area contributed by atoms with Gasteiger partial charge in [0.2, 0.25) is 5.91 Å². The molecule has 0 spiro atoms. The minimum Gasteiger partial charge on any atom is -0.466 e. The molecule has 0 radical (unpaired) electrons. The van der Waals surface area contributed by atoms with Crippen LogP contribution in [0.25, 0.3) is 0 Å². The highest BCUT2D eigenvalue weighted by Gasteiger charge is 2.20. The lowest BCUT2D eigenvalue weighted by Gasteiger charge is -2.22. The number of unbranched alkanes of at least 4 members (excludes halogenated alkanes) is 45. The van der Waals surface area contributed by atoms with Crippen molar-refractivity contribution in [3.8, 4) is 0 Å². The third kappa shape index (κ3) is 52.1. The van der Waals surface area contributed by atoms with Gasteiger partial charge in [-0.15, -0.1) is 0 Å². The maximum absolute atomic E-state index is 12.4. The van der Waals surface area contributed by atoms with Gasteiger partial charge in [-0.05, 0) is 25.7 Å². The van der Waals surface area contributed by atoms with Gasteiger partial charge in [0.25, 0.3) is 0 Å². The highest BCUT2D eigenvalue weighted by molar-refractivity contribution is 5.76. The third-order valence-corrected chi connectivity index (χ3v) is 14.2. The van der Waals surface area contributed by atoms with Crippen molar-refractivity contribution >= 4 is 11.9 Å². The molecule has 388 valence electrons. The van der Waals surface area contributed by atoms with E-state index in [-0.39, 0.29) is 18.5 Å². The Kier molecular flexibility index (Phi) is 54.5. The van der Waals surface area contributed by atoms with Gasteiger partial charge in [0.05, 0.1) is 25.4 Å². The van der Waals surface area contributed by atoms with Crippen molar-refractivity contribution in [2.24, 2.45) is 0 Å². The van der Waals surface area contributed by atoms with Crippen molar-refractivity contribution in [2.45, 2.75) is 353 Å². The van der Waals surface area contributed by atoms with E-state index in [1.165, 1.54) is 270 Å². The number of hydrogen-bond donors (Lipinski definition) is 3. The molecule has 0 saturated heterocycles. The summed E-state index contributed by atoms with van der Waals surface area (Å²) in [6.45, 7) is 4.97. The van der Waals surface area contributed by atoms with Crippen molar-refractivity contribution in [3.05, 3.63) is 0 Å². The van der Waals surface area contributed by atoms with E-state index in [0.717, 1.165) is 38.5 Å². The summed E-state index contributed by atoms with van der Waals surface area (Å²) in [5.41, 5.74) is 0. The van der Waals surface area contributed by atoms with E-state index in [0.29, 0.717) is 25.9 Å². The van der Waals surface area contributed by atoms with Gasteiger partial charge < -0.3 is 20.3 Å². The maximum atomic E-state index is 12.4. The van der Waals surface area contributed by atoms with Gasteiger partial charge in [0.15, 0.2) is 0 Å². The van der Waals surface area contributed by atoms with E-state index in [1.54, 1.807) is 0 Å². The Labute approximate surface area is 406 Å². The van der Waals surface area contributed by atoms with Gasteiger partial charge in [-0.1, -0.05) is 303 Å². The normalized spacial score (nSPS) is 12.5. The molecule has 6 nitrogen and oxygen atoms in total. The van der Waals surface area contributed by atoms with Gasteiger partial charge in [0.1, 0.15) is 0 Å².